The molecule has 1 aliphatic rings. The number of amides is 1. The minimum Gasteiger partial charge on any atom is -0.368 e. The molecule has 0 aromatic carbocycles. The van der Waals surface area contributed by atoms with Gasteiger partial charge in [0, 0.05) is 19.6 Å². The Kier molecular flexibility index (Phi) is 5.02. The predicted octanol–water partition coefficient (Wildman–Crippen LogP) is 0.975. The Balaban J connectivity index is 2.00. The molecule has 1 saturated heterocycles. The number of unbranched alkanes of at least 4 members (excludes halogenated alkanes) is 2. The molecule has 1 atom stereocenters. The van der Waals surface area contributed by atoms with Crippen LogP contribution < -0.4 is 5.32 Å². The summed E-state index contributed by atoms with van der Waals surface area (Å²) in [5.74, 6) is -0.000502. The third kappa shape index (κ3) is 3.75. The molecule has 14 heavy (non-hydrogen) atoms. The molecule has 1 rings (SSSR count). The van der Waals surface area contributed by atoms with Gasteiger partial charge in [0.2, 0.25) is 5.91 Å². The second-order valence-corrected chi connectivity index (χ2v) is 3.41. The van der Waals surface area contributed by atoms with E-state index in [0.29, 0.717) is 19.6 Å². The third-order valence-corrected chi connectivity index (χ3v) is 2.24. The quantitative estimate of drug-likeness (QED) is 0.666. The minimum absolute atomic E-state index is 0.000502. The largest absolute Gasteiger partial charge is 0.368 e. The maximum absolute atomic E-state index is 11.4. The van der Waals surface area contributed by atoms with Crippen LogP contribution in [0.1, 0.15) is 32.1 Å². The lowest BCUT2D eigenvalue weighted by atomic mass is 10.2. The van der Waals surface area contributed by atoms with E-state index in [-0.39, 0.29) is 12.0 Å². The number of nitriles is 1. The van der Waals surface area contributed by atoms with Crippen LogP contribution in [0.25, 0.3) is 0 Å². The van der Waals surface area contributed by atoms with Crippen LogP contribution in [0.4, 0.5) is 0 Å². The fourth-order valence-corrected chi connectivity index (χ4v) is 1.44. The molecule has 1 heterocycles. The van der Waals surface area contributed by atoms with Crippen LogP contribution in [-0.2, 0) is 9.53 Å². The minimum atomic E-state index is -0.231. The Bertz CT molecular complexity index is 217. The number of hydrogen-bond acceptors (Lipinski definition) is 3. The Morgan fingerprint density at radius 1 is 1.57 bits per heavy atom. The number of ether oxygens (including phenoxy) is 1. The molecular formula is C10H16N2O2. The normalized spacial score (nSPS) is 20.4. The molecule has 0 bridgehead atoms. The third-order valence-electron chi connectivity index (χ3n) is 2.24. The number of nitrogens with one attached hydrogen (secondary N) is 1. The smallest absolute Gasteiger partial charge is 0.249 e. The number of carbonyl (C=O) groups excluding carboxylic acids is 1. The highest BCUT2D eigenvalue weighted by Gasteiger charge is 2.22. The van der Waals surface area contributed by atoms with Gasteiger partial charge in [-0.05, 0) is 25.7 Å². The van der Waals surface area contributed by atoms with Crippen LogP contribution in [0.2, 0.25) is 0 Å². The lowest BCUT2D eigenvalue weighted by Crippen LogP contribution is -2.34. The summed E-state index contributed by atoms with van der Waals surface area (Å²) in [5, 5.41) is 11.1. The van der Waals surface area contributed by atoms with Gasteiger partial charge in [-0.2, -0.15) is 5.26 Å². The topological polar surface area (TPSA) is 62.1 Å². The van der Waals surface area contributed by atoms with E-state index in [1.807, 2.05) is 0 Å². The van der Waals surface area contributed by atoms with Gasteiger partial charge in [0.05, 0.1) is 6.07 Å². The van der Waals surface area contributed by atoms with E-state index in [1.165, 1.54) is 0 Å². The monoisotopic (exact) mass is 196 g/mol. The van der Waals surface area contributed by atoms with E-state index in [0.717, 1.165) is 25.7 Å². The molecule has 0 aromatic heterocycles. The van der Waals surface area contributed by atoms with Crippen LogP contribution in [0, 0.1) is 11.3 Å². The van der Waals surface area contributed by atoms with Crippen LogP contribution in [0.15, 0.2) is 0 Å². The first-order valence-corrected chi connectivity index (χ1v) is 5.11. The average Bonchev–Trinajstić information content (AvgIpc) is 2.70. The second kappa shape index (κ2) is 6.39. The Morgan fingerprint density at radius 2 is 2.43 bits per heavy atom. The van der Waals surface area contributed by atoms with Crippen LogP contribution in [0.5, 0.6) is 0 Å². The summed E-state index contributed by atoms with van der Waals surface area (Å²) in [5.41, 5.74) is 0. The second-order valence-electron chi connectivity index (χ2n) is 3.41. The fourth-order valence-electron chi connectivity index (χ4n) is 1.44. The van der Waals surface area contributed by atoms with Gasteiger partial charge in [0.15, 0.2) is 0 Å². The van der Waals surface area contributed by atoms with Crippen molar-refractivity contribution in [1.29, 1.82) is 5.26 Å². The molecule has 0 aliphatic carbocycles. The van der Waals surface area contributed by atoms with Gasteiger partial charge in [0.1, 0.15) is 6.10 Å². The summed E-state index contributed by atoms with van der Waals surface area (Å²) in [6.45, 7) is 1.35. The van der Waals surface area contributed by atoms with Gasteiger partial charge in [0.25, 0.3) is 0 Å². The highest BCUT2D eigenvalue weighted by molar-refractivity contribution is 5.80. The highest BCUT2D eigenvalue weighted by atomic mass is 16.5. The predicted molar refractivity (Wildman–Crippen MR) is 51.4 cm³/mol. The molecule has 1 N–H and O–H groups in total. The zero-order valence-corrected chi connectivity index (χ0v) is 8.29. The molecule has 1 unspecified atom stereocenters. The summed E-state index contributed by atoms with van der Waals surface area (Å²) < 4.78 is 5.23. The van der Waals surface area contributed by atoms with Crippen LogP contribution in [-0.4, -0.2) is 25.2 Å². The van der Waals surface area contributed by atoms with Crippen molar-refractivity contribution in [2.24, 2.45) is 0 Å². The summed E-state index contributed by atoms with van der Waals surface area (Å²) >= 11 is 0. The molecule has 78 valence electrons. The van der Waals surface area contributed by atoms with Crippen LogP contribution in [0.3, 0.4) is 0 Å². The first kappa shape index (κ1) is 11.0. The summed E-state index contributed by atoms with van der Waals surface area (Å²) in [7, 11) is 0. The maximum atomic E-state index is 11.4. The first-order valence-electron chi connectivity index (χ1n) is 5.11. The van der Waals surface area contributed by atoms with Gasteiger partial charge in [-0.25, -0.2) is 0 Å². The van der Waals surface area contributed by atoms with Gasteiger partial charge in [-0.15, -0.1) is 0 Å². The van der Waals surface area contributed by atoms with Crippen LogP contribution >= 0.6 is 0 Å². The molecule has 0 radical (unpaired) electrons. The Morgan fingerprint density at radius 3 is 3.07 bits per heavy atom. The van der Waals surface area contributed by atoms with Crippen molar-refractivity contribution in [3.05, 3.63) is 0 Å². The number of rotatable bonds is 5. The van der Waals surface area contributed by atoms with Crippen molar-refractivity contribution in [3.8, 4) is 6.07 Å². The van der Waals surface area contributed by atoms with E-state index in [4.69, 9.17) is 10.00 Å². The first-order chi connectivity index (χ1) is 6.84. The zero-order chi connectivity index (χ0) is 10.2. The Hall–Kier alpha value is -1.08. The van der Waals surface area contributed by atoms with Crippen molar-refractivity contribution in [3.63, 3.8) is 0 Å². The van der Waals surface area contributed by atoms with Gasteiger partial charge < -0.3 is 10.1 Å². The standard InChI is InChI=1S/C10H16N2O2/c11-6-2-1-3-7-12-10(13)9-5-4-8-14-9/h9H,1-5,7-8H2,(H,12,13). The molecule has 1 amide bonds. The summed E-state index contributed by atoms with van der Waals surface area (Å²) in [4.78, 5) is 11.4. The molecule has 1 fully saturated rings. The van der Waals surface area contributed by atoms with Gasteiger partial charge in [-0.3, -0.25) is 4.79 Å². The maximum Gasteiger partial charge on any atom is 0.249 e. The van der Waals surface area contributed by atoms with Crippen molar-refractivity contribution < 1.29 is 9.53 Å². The number of hydrogen-bond donors (Lipinski definition) is 1. The van der Waals surface area contributed by atoms with Crippen molar-refractivity contribution in [1.82, 2.24) is 5.32 Å². The van der Waals surface area contributed by atoms with E-state index in [1.54, 1.807) is 0 Å². The summed E-state index contributed by atoms with van der Waals surface area (Å²) in [6, 6.07) is 2.07. The summed E-state index contributed by atoms with van der Waals surface area (Å²) in [6.07, 6.45) is 3.87. The number of nitrogens with zero attached hydrogens (tertiary/aromatic N) is 1. The fraction of sp³-hybridized carbons (Fsp3) is 0.800. The molecule has 0 aromatic rings. The average molecular weight is 196 g/mol. The lowest BCUT2D eigenvalue weighted by Gasteiger charge is -2.09. The van der Waals surface area contributed by atoms with Crippen molar-refractivity contribution in [2.45, 2.75) is 38.2 Å². The molecule has 4 nitrogen and oxygen atoms in total. The Labute approximate surface area is 84.2 Å². The van der Waals surface area contributed by atoms with E-state index in [2.05, 4.69) is 11.4 Å². The number of carbonyl (C=O) groups is 1. The van der Waals surface area contributed by atoms with Crippen molar-refractivity contribution in [2.75, 3.05) is 13.2 Å². The van der Waals surface area contributed by atoms with Gasteiger partial charge in [-0.1, -0.05) is 0 Å². The lowest BCUT2D eigenvalue weighted by molar-refractivity contribution is -0.130. The van der Waals surface area contributed by atoms with E-state index in [9.17, 15) is 4.79 Å². The van der Waals surface area contributed by atoms with Crippen molar-refractivity contribution >= 4 is 5.91 Å². The van der Waals surface area contributed by atoms with E-state index >= 15 is 0 Å². The molecule has 1 aliphatic heterocycles. The van der Waals surface area contributed by atoms with Gasteiger partial charge >= 0.3 is 0 Å². The highest BCUT2D eigenvalue weighted by Crippen LogP contribution is 2.11. The molecule has 4 heteroatoms. The molecular weight excluding hydrogens is 180 g/mol. The van der Waals surface area contributed by atoms with E-state index < -0.39 is 0 Å². The SMILES string of the molecule is N#CCCCCNC(=O)C1CCCO1. The molecule has 0 saturated carbocycles. The molecule has 0 spiro atoms. The zero-order valence-electron chi connectivity index (χ0n) is 8.29.